The molecule has 1 N–H and O–H groups in total. The molecule has 0 saturated carbocycles. The Morgan fingerprint density at radius 1 is 1.16 bits per heavy atom. The lowest BCUT2D eigenvalue weighted by Crippen LogP contribution is -2.50. The number of nitrogens with one attached hydrogen (secondary N) is 1. The third kappa shape index (κ3) is 6.70. The van der Waals surface area contributed by atoms with Crippen molar-refractivity contribution >= 4 is 43.5 Å². The molecule has 0 aliphatic carbocycles. The number of hydrogen-bond donors (Lipinski definition) is 1. The summed E-state index contributed by atoms with van der Waals surface area (Å²) in [6.45, 7) is 1.29. The third-order valence-electron chi connectivity index (χ3n) is 4.68. The van der Waals surface area contributed by atoms with E-state index in [1.54, 1.807) is 25.1 Å². The van der Waals surface area contributed by atoms with Gasteiger partial charge in [-0.3, -0.25) is 13.9 Å². The SMILES string of the molecule is CNC(=O)[C@H](C)N(Cc1cccc(Br)c1)C(=O)CN(c1cccc(OC)c1)S(C)(=O)=O. The molecule has 0 bridgehead atoms. The van der Waals surface area contributed by atoms with E-state index in [0.29, 0.717) is 11.4 Å². The van der Waals surface area contributed by atoms with Gasteiger partial charge >= 0.3 is 0 Å². The Bertz CT molecular complexity index is 1040. The second kappa shape index (κ2) is 10.6. The number of rotatable bonds is 9. The number of methoxy groups -OCH3 is 1. The number of ether oxygens (including phenoxy) is 1. The fourth-order valence-electron chi connectivity index (χ4n) is 3.00. The summed E-state index contributed by atoms with van der Waals surface area (Å²) < 4.78 is 32.0. The normalized spacial score (nSPS) is 12.0. The van der Waals surface area contributed by atoms with Crippen LogP contribution in [0.4, 0.5) is 5.69 Å². The molecule has 0 aromatic heterocycles. The van der Waals surface area contributed by atoms with Gasteiger partial charge in [-0.15, -0.1) is 0 Å². The summed E-state index contributed by atoms with van der Waals surface area (Å²) >= 11 is 3.40. The molecule has 168 valence electrons. The molecule has 0 saturated heterocycles. The first-order chi connectivity index (χ1) is 14.6. The Hall–Kier alpha value is -2.59. The fraction of sp³-hybridized carbons (Fsp3) is 0.333. The molecule has 8 nitrogen and oxygen atoms in total. The molecule has 0 aliphatic rings. The standard InChI is InChI=1S/C21H26BrN3O5S/c1-15(21(27)23-2)24(13-16-7-5-8-17(22)11-16)20(26)14-25(31(4,28)29)18-9-6-10-19(12-18)30-3/h5-12,15H,13-14H2,1-4H3,(H,23,27)/t15-/m0/s1. The van der Waals surface area contributed by atoms with Gasteiger partial charge < -0.3 is 15.0 Å². The number of halogens is 1. The van der Waals surface area contributed by atoms with Gasteiger partial charge in [0.15, 0.2) is 0 Å². The summed E-state index contributed by atoms with van der Waals surface area (Å²) in [5.41, 5.74) is 1.09. The zero-order valence-corrected chi connectivity index (χ0v) is 20.2. The van der Waals surface area contributed by atoms with Gasteiger partial charge in [-0.2, -0.15) is 0 Å². The monoisotopic (exact) mass is 511 g/mol. The molecule has 1 atom stereocenters. The third-order valence-corrected chi connectivity index (χ3v) is 6.31. The molecule has 0 spiro atoms. The number of hydrogen-bond acceptors (Lipinski definition) is 5. The topological polar surface area (TPSA) is 96.0 Å². The Morgan fingerprint density at radius 2 is 1.84 bits per heavy atom. The number of benzene rings is 2. The van der Waals surface area contributed by atoms with Crippen LogP contribution in [0.1, 0.15) is 12.5 Å². The van der Waals surface area contributed by atoms with Crippen LogP contribution in [-0.4, -0.2) is 58.1 Å². The van der Waals surface area contributed by atoms with Crippen LogP contribution in [0.25, 0.3) is 0 Å². The average Bonchev–Trinajstić information content (AvgIpc) is 2.73. The molecule has 2 aromatic carbocycles. The van der Waals surface area contributed by atoms with E-state index >= 15 is 0 Å². The first kappa shape index (κ1) is 24.7. The van der Waals surface area contributed by atoms with Crippen LogP contribution >= 0.6 is 15.9 Å². The van der Waals surface area contributed by atoms with Crippen LogP contribution in [0.3, 0.4) is 0 Å². The summed E-state index contributed by atoms with van der Waals surface area (Å²) in [6, 6.07) is 13.0. The van der Waals surface area contributed by atoms with Gasteiger partial charge in [0.05, 0.1) is 19.1 Å². The van der Waals surface area contributed by atoms with Crippen molar-refractivity contribution in [2.45, 2.75) is 19.5 Å². The van der Waals surface area contributed by atoms with Crippen molar-refractivity contribution in [1.29, 1.82) is 0 Å². The smallest absolute Gasteiger partial charge is 0.244 e. The van der Waals surface area contributed by atoms with Crippen LogP contribution in [0, 0.1) is 0 Å². The maximum atomic E-state index is 13.3. The van der Waals surface area contributed by atoms with Crippen molar-refractivity contribution in [3.8, 4) is 5.75 Å². The van der Waals surface area contributed by atoms with Crippen LogP contribution in [0.15, 0.2) is 53.0 Å². The first-order valence-corrected chi connectivity index (χ1v) is 12.1. The number of likely N-dealkylation sites (N-methyl/N-ethyl adjacent to an activating group) is 1. The molecular formula is C21H26BrN3O5S. The summed E-state index contributed by atoms with van der Waals surface area (Å²) in [5.74, 6) is -0.400. The second-order valence-electron chi connectivity index (χ2n) is 6.91. The highest BCUT2D eigenvalue weighted by Gasteiger charge is 2.29. The predicted octanol–water partition coefficient (Wildman–Crippen LogP) is 2.39. The zero-order valence-electron chi connectivity index (χ0n) is 17.8. The quantitative estimate of drug-likeness (QED) is 0.557. The van der Waals surface area contributed by atoms with Gasteiger partial charge in [0, 0.05) is 24.1 Å². The number of anilines is 1. The van der Waals surface area contributed by atoms with Crippen molar-refractivity contribution in [3.63, 3.8) is 0 Å². The van der Waals surface area contributed by atoms with Crippen molar-refractivity contribution in [1.82, 2.24) is 10.2 Å². The summed E-state index contributed by atoms with van der Waals surface area (Å²) in [5, 5.41) is 2.54. The second-order valence-corrected chi connectivity index (χ2v) is 9.74. The van der Waals surface area contributed by atoms with Gasteiger partial charge in [0.1, 0.15) is 18.3 Å². The van der Waals surface area contributed by atoms with E-state index in [-0.39, 0.29) is 12.5 Å². The van der Waals surface area contributed by atoms with E-state index in [9.17, 15) is 18.0 Å². The highest BCUT2D eigenvalue weighted by Crippen LogP contribution is 2.24. The van der Waals surface area contributed by atoms with Gasteiger partial charge in [-0.25, -0.2) is 8.42 Å². The molecular weight excluding hydrogens is 486 g/mol. The van der Waals surface area contributed by atoms with Gasteiger partial charge in [0.25, 0.3) is 0 Å². The van der Waals surface area contributed by atoms with Crippen LogP contribution in [-0.2, 0) is 26.2 Å². The predicted molar refractivity (Wildman–Crippen MR) is 123 cm³/mol. The van der Waals surface area contributed by atoms with Gasteiger partial charge in [-0.1, -0.05) is 34.1 Å². The van der Waals surface area contributed by atoms with Crippen LogP contribution in [0.2, 0.25) is 0 Å². The van der Waals surface area contributed by atoms with Crippen molar-refractivity contribution in [2.75, 3.05) is 31.3 Å². The lowest BCUT2D eigenvalue weighted by molar-refractivity contribution is -0.139. The Morgan fingerprint density at radius 3 is 2.42 bits per heavy atom. The number of carbonyl (C=O) groups is 2. The Labute approximate surface area is 191 Å². The number of nitrogens with zero attached hydrogens (tertiary/aromatic N) is 2. The Balaban J connectivity index is 2.39. The highest BCUT2D eigenvalue weighted by atomic mass is 79.9. The maximum Gasteiger partial charge on any atom is 0.244 e. The minimum atomic E-state index is -3.78. The van der Waals surface area contributed by atoms with E-state index in [1.807, 2.05) is 24.3 Å². The number of carbonyl (C=O) groups excluding carboxylic acids is 2. The summed E-state index contributed by atoms with van der Waals surface area (Å²) in [6.07, 6.45) is 1.03. The largest absolute Gasteiger partial charge is 0.497 e. The molecule has 0 unspecified atom stereocenters. The first-order valence-electron chi connectivity index (χ1n) is 9.44. The lowest BCUT2D eigenvalue weighted by Gasteiger charge is -2.31. The molecule has 10 heteroatoms. The summed E-state index contributed by atoms with van der Waals surface area (Å²) in [7, 11) is -0.823. The van der Waals surface area contributed by atoms with Crippen molar-refractivity contribution < 1.29 is 22.7 Å². The van der Waals surface area contributed by atoms with Crippen LogP contribution in [0.5, 0.6) is 5.75 Å². The lowest BCUT2D eigenvalue weighted by atomic mass is 10.1. The molecule has 2 aromatic rings. The average molecular weight is 512 g/mol. The van der Waals surface area contributed by atoms with Crippen LogP contribution < -0.4 is 14.4 Å². The minimum Gasteiger partial charge on any atom is -0.497 e. The molecule has 0 heterocycles. The van der Waals surface area contributed by atoms with Crippen molar-refractivity contribution in [3.05, 3.63) is 58.6 Å². The zero-order chi connectivity index (χ0) is 23.2. The van der Waals surface area contributed by atoms with E-state index in [1.165, 1.54) is 25.1 Å². The molecule has 2 rings (SSSR count). The highest BCUT2D eigenvalue weighted by molar-refractivity contribution is 9.10. The van der Waals surface area contributed by atoms with E-state index in [0.717, 1.165) is 20.6 Å². The maximum absolute atomic E-state index is 13.3. The van der Waals surface area contributed by atoms with E-state index < -0.39 is 28.5 Å². The molecule has 0 radical (unpaired) electrons. The molecule has 31 heavy (non-hydrogen) atoms. The van der Waals surface area contributed by atoms with Gasteiger partial charge in [0.2, 0.25) is 21.8 Å². The molecule has 2 amide bonds. The van der Waals surface area contributed by atoms with E-state index in [2.05, 4.69) is 21.2 Å². The summed E-state index contributed by atoms with van der Waals surface area (Å²) in [4.78, 5) is 26.9. The molecule has 0 fully saturated rings. The number of amides is 2. The number of sulfonamides is 1. The van der Waals surface area contributed by atoms with Gasteiger partial charge in [-0.05, 0) is 36.8 Å². The van der Waals surface area contributed by atoms with E-state index in [4.69, 9.17) is 4.74 Å². The Kier molecular flexibility index (Phi) is 8.46. The fourth-order valence-corrected chi connectivity index (χ4v) is 4.29. The minimum absolute atomic E-state index is 0.141. The molecule has 0 aliphatic heterocycles. The van der Waals surface area contributed by atoms with Crippen molar-refractivity contribution in [2.24, 2.45) is 0 Å².